The number of ether oxygens (including phenoxy) is 1. The van der Waals surface area contributed by atoms with Gasteiger partial charge in [-0.15, -0.1) is 11.3 Å². The van der Waals surface area contributed by atoms with Crippen molar-refractivity contribution in [2.75, 3.05) is 6.61 Å². The lowest BCUT2D eigenvalue weighted by Gasteiger charge is -1.99. The average molecular weight is 251 g/mol. The topological polar surface area (TPSA) is 52.3 Å². The fourth-order valence-electron chi connectivity index (χ4n) is 1.46. The van der Waals surface area contributed by atoms with Gasteiger partial charge in [0.1, 0.15) is 0 Å². The number of rotatable bonds is 4. The Hall–Kier alpha value is -1.62. The minimum absolute atomic E-state index is 0.247. The van der Waals surface area contributed by atoms with Crippen LogP contribution in [0.15, 0.2) is 22.9 Å². The Kier molecular flexibility index (Phi) is 3.58. The second kappa shape index (κ2) is 5.14. The van der Waals surface area contributed by atoms with Gasteiger partial charge >= 0.3 is 5.97 Å². The molecule has 0 radical (unpaired) electrons. The smallest absolute Gasteiger partial charge is 0.361 e. The highest BCUT2D eigenvalue weighted by Crippen LogP contribution is 2.30. The Morgan fingerprint density at radius 3 is 2.94 bits per heavy atom. The number of hydrogen-bond donors (Lipinski definition) is 0. The van der Waals surface area contributed by atoms with Crippen LogP contribution in [0.2, 0.25) is 0 Å². The summed E-state index contributed by atoms with van der Waals surface area (Å²) in [6, 6.07) is 3.96. The molecule has 0 aliphatic heterocycles. The zero-order valence-electron chi connectivity index (χ0n) is 9.73. The van der Waals surface area contributed by atoms with Gasteiger partial charge in [0.2, 0.25) is 0 Å². The van der Waals surface area contributed by atoms with Crippen molar-refractivity contribution in [3.05, 3.63) is 29.1 Å². The molecule has 90 valence electrons. The monoisotopic (exact) mass is 251 g/mol. The van der Waals surface area contributed by atoms with Crippen LogP contribution in [0.25, 0.3) is 10.6 Å². The van der Waals surface area contributed by atoms with Crippen LogP contribution in [0.1, 0.15) is 29.2 Å². The third-order valence-electron chi connectivity index (χ3n) is 2.27. The predicted octanol–water partition coefficient (Wildman–Crippen LogP) is 3.14. The molecule has 0 N–H and O–H groups in total. The number of nitrogens with zero attached hydrogens (tertiary/aromatic N) is 1. The SMILES string of the molecule is CCOC(=O)c1ncoc1-c1ccc(CC)s1. The van der Waals surface area contributed by atoms with Gasteiger partial charge in [-0.3, -0.25) is 0 Å². The van der Waals surface area contributed by atoms with Crippen LogP contribution in [0, 0.1) is 0 Å². The van der Waals surface area contributed by atoms with E-state index in [1.54, 1.807) is 18.3 Å². The number of carbonyl (C=O) groups is 1. The Balaban J connectivity index is 2.33. The Labute approximate surface area is 103 Å². The third-order valence-corrected chi connectivity index (χ3v) is 3.50. The van der Waals surface area contributed by atoms with Crippen molar-refractivity contribution in [3.63, 3.8) is 0 Å². The first-order chi connectivity index (χ1) is 8.26. The van der Waals surface area contributed by atoms with E-state index in [4.69, 9.17) is 9.15 Å². The van der Waals surface area contributed by atoms with Crippen molar-refractivity contribution >= 4 is 17.3 Å². The van der Waals surface area contributed by atoms with E-state index in [0.29, 0.717) is 12.4 Å². The zero-order valence-corrected chi connectivity index (χ0v) is 10.5. The lowest BCUT2D eigenvalue weighted by atomic mass is 10.3. The summed E-state index contributed by atoms with van der Waals surface area (Å²) in [7, 11) is 0. The molecule has 0 spiro atoms. The van der Waals surface area contributed by atoms with E-state index < -0.39 is 5.97 Å². The van der Waals surface area contributed by atoms with Crippen LogP contribution in [0.4, 0.5) is 0 Å². The van der Waals surface area contributed by atoms with Crippen molar-refractivity contribution in [2.45, 2.75) is 20.3 Å². The molecule has 2 heterocycles. The van der Waals surface area contributed by atoms with Crippen LogP contribution in [-0.2, 0) is 11.2 Å². The Bertz CT molecular complexity index is 515. The molecule has 0 aliphatic rings. The molecule has 5 heteroatoms. The van der Waals surface area contributed by atoms with Crippen LogP contribution in [-0.4, -0.2) is 17.6 Å². The van der Waals surface area contributed by atoms with E-state index >= 15 is 0 Å². The first kappa shape index (κ1) is 11.9. The second-order valence-corrected chi connectivity index (χ2v) is 4.54. The van der Waals surface area contributed by atoms with Gasteiger partial charge in [-0.1, -0.05) is 6.92 Å². The largest absolute Gasteiger partial charge is 0.461 e. The van der Waals surface area contributed by atoms with Gasteiger partial charge in [0, 0.05) is 4.88 Å². The minimum atomic E-state index is -0.442. The molecule has 4 nitrogen and oxygen atoms in total. The highest BCUT2D eigenvalue weighted by atomic mass is 32.1. The van der Waals surface area contributed by atoms with Crippen molar-refractivity contribution in [1.82, 2.24) is 4.98 Å². The molecular formula is C12H13NO3S. The van der Waals surface area contributed by atoms with E-state index in [-0.39, 0.29) is 5.69 Å². The summed E-state index contributed by atoms with van der Waals surface area (Å²) in [6.07, 6.45) is 2.24. The first-order valence-corrected chi connectivity index (χ1v) is 6.27. The summed E-state index contributed by atoms with van der Waals surface area (Å²) >= 11 is 1.60. The number of esters is 1. The van der Waals surface area contributed by atoms with Crippen molar-refractivity contribution < 1.29 is 13.9 Å². The maximum Gasteiger partial charge on any atom is 0.361 e. The summed E-state index contributed by atoms with van der Waals surface area (Å²) in [5.74, 6) is 0.0517. The summed E-state index contributed by atoms with van der Waals surface area (Å²) in [6.45, 7) is 4.18. The standard InChI is InChI=1S/C12H13NO3S/c1-3-8-5-6-9(17-8)11-10(13-7-16-11)12(14)15-4-2/h5-7H,3-4H2,1-2H3. The lowest BCUT2D eigenvalue weighted by Crippen LogP contribution is -2.05. The molecule has 0 unspecified atom stereocenters. The number of thiophene rings is 1. The highest BCUT2D eigenvalue weighted by Gasteiger charge is 2.20. The molecule has 0 aliphatic carbocycles. The fraction of sp³-hybridized carbons (Fsp3) is 0.333. The number of carbonyl (C=O) groups excluding carboxylic acids is 1. The molecule has 0 aromatic carbocycles. The van der Waals surface area contributed by atoms with E-state index in [2.05, 4.69) is 11.9 Å². The fourth-order valence-corrected chi connectivity index (χ4v) is 2.39. The summed E-state index contributed by atoms with van der Waals surface area (Å²) in [5, 5.41) is 0. The van der Waals surface area contributed by atoms with Gasteiger partial charge in [0.25, 0.3) is 0 Å². The van der Waals surface area contributed by atoms with E-state index in [9.17, 15) is 4.79 Å². The molecule has 0 saturated heterocycles. The van der Waals surface area contributed by atoms with Gasteiger partial charge in [-0.2, -0.15) is 0 Å². The van der Waals surface area contributed by atoms with Gasteiger partial charge in [-0.05, 0) is 25.5 Å². The number of hydrogen-bond acceptors (Lipinski definition) is 5. The zero-order chi connectivity index (χ0) is 12.3. The summed E-state index contributed by atoms with van der Waals surface area (Å²) in [5.41, 5.74) is 0.247. The van der Waals surface area contributed by atoms with Gasteiger partial charge in [0.05, 0.1) is 11.5 Å². The normalized spacial score (nSPS) is 10.5. The summed E-state index contributed by atoms with van der Waals surface area (Å²) < 4.78 is 10.2. The maximum absolute atomic E-state index is 11.6. The van der Waals surface area contributed by atoms with Crippen LogP contribution in [0.5, 0.6) is 0 Å². The Morgan fingerprint density at radius 1 is 1.47 bits per heavy atom. The summed E-state index contributed by atoms with van der Waals surface area (Å²) in [4.78, 5) is 17.7. The minimum Gasteiger partial charge on any atom is -0.461 e. The molecule has 0 amide bonds. The molecule has 2 aromatic rings. The lowest BCUT2D eigenvalue weighted by molar-refractivity contribution is 0.0520. The molecular weight excluding hydrogens is 238 g/mol. The number of aryl methyl sites for hydroxylation is 1. The highest BCUT2D eigenvalue weighted by molar-refractivity contribution is 7.15. The molecule has 2 aromatic heterocycles. The van der Waals surface area contributed by atoms with E-state index in [1.807, 2.05) is 12.1 Å². The van der Waals surface area contributed by atoms with E-state index in [1.165, 1.54) is 11.3 Å². The van der Waals surface area contributed by atoms with Crippen LogP contribution < -0.4 is 0 Å². The Morgan fingerprint density at radius 2 is 2.29 bits per heavy atom. The van der Waals surface area contributed by atoms with Crippen LogP contribution >= 0.6 is 11.3 Å². The molecule has 0 bridgehead atoms. The molecule has 0 saturated carbocycles. The quantitative estimate of drug-likeness (QED) is 0.783. The average Bonchev–Trinajstić information content (AvgIpc) is 2.97. The second-order valence-electron chi connectivity index (χ2n) is 3.37. The molecule has 0 atom stereocenters. The maximum atomic E-state index is 11.6. The van der Waals surface area contributed by atoms with Crippen LogP contribution in [0.3, 0.4) is 0 Å². The van der Waals surface area contributed by atoms with Crippen molar-refractivity contribution in [3.8, 4) is 10.6 Å². The number of oxazole rings is 1. The van der Waals surface area contributed by atoms with Crippen molar-refractivity contribution in [2.24, 2.45) is 0 Å². The van der Waals surface area contributed by atoms with Gasteiger partial charge < -0.3 is 9.15 Å². The van der Waals surface area contributed by atoms with Gasteiger partial charge in [0.15, 0.2) is 17.8 Å². The van der Waals surface area contributed by atoms with Crippen molar-refractivity contribution in [1.29, 1.82) is 0 Å². The first-order valence-electron chi connectivity index (χ1n) is 5.46. The molecule has 2 rings (SSSR count). The number of aromatic nitrogens is 1. The molecule has 17 heavy (non-hydrogen) atoms. The predicted molar refractivity (Wildman–Crippen MR) is 65.2 cm³/mol. The molecule has 0 fully saturated rings. The van der Waals surface area contributed by atoms with Gasteiger partial charge in [-0.25, -0.2) is 9.78 Å². The third kappa shape index (κ3) is 2.39. The van der Waals surface area contributed by atoms with E-state index in [0.717, 1.165) is 11.3 Å².